The van der Waals surface area contributed by atoms with Crippen molar-refractivity contribution in [2.75, 3.05) is 6.54 Å². The van der Waals surface area contributed by atoms with Crippen molar-refractivity contribution in [3.8, 4) is 0 Å². The highest BCUT2D eigenvalue weighted by Crippen LogP contribution is 2.14. The maximum Gasteiger partial charge on any atom is 0.271 e. The number of rotatable bonds is 7. The van der Waals surface area contributed by atoms with Crippen LogP contribution in [0.2, 0.25) is 0 Å². The molecule has 3 N–H and O–H groups in total. The molecule has 0 aliphatic rings. The number of aromatic nitrogens is 3. The first-order valence-corrected chi connectivity index (χ1v) is 8.85. The molecule has 1 amide bonds. The maximum atomic E-state index is 12.3. The van der Waals surface area contributed by atoms with Crippen molar-refractivity contribution in [1.82, 2.24) is 20.4 Å². The summed E-state index contributed by atoms with van der Waals surface area (Å²) in [5, 5.41) is 9.37. The fourth-order valence-corrected chi connectivity index (χ4v) is 3.07. The molecule has 0 aliphatic carbocycles. The number of hydrogen-bond donors (Lipinski definition) is 2. The van der Waals surface area contributed by atoms with E-state index in [2.05, 4.69) is 20.4 Å². The van der Waals surface area contributed by atoms with Crippen LogP contribution >= 0.6 is 23.7 Å². The van der Waals surface area contributed by atoms with Crippen LogP contribution in [0, 0.1) is 0 Å². The second-order valence-corrected chi connectivity index (χ2v) is 6.51. The number of nitrogens with two attached hydrogens (primary N) is 1. The van der Waals surface area contributed by atoms with E-state index in [0.29, 0.717) is 36.8 Å². The molecule has 0 saturated carbocycles. The number of hydrogen-bond acceptors (Lipinski definition) is 7. The van der Waals surface area contributed by atoms with E-state index in [4.69, 9.17) is 10.3 Å². The van der Waals surface area contributed by atoms with E-state index in [-0.39, 0.29) is 24.4 Å². The summed E-state index contributed by atoms with van der Waals surface area (Å²) >= 11 is 1.43. The summed E-state index contributed by atoms with van der Waals surface area (Å²) in [7, 11) is 0. The minimum Gasteiger partial charge on any atom is -0.341 e. The first-order valence-electron chi connectivity index (χ1n) is 7.97. The van der Waals surface area contributed by atoms with Crippen LogP contribution in [-0.4, -0.2) is 27.6 Å². The Balaban J connectivity index is 0.00000243. The molecule has 3 rings (SSSR count). The van der Waals surface area contributed by atoms with Crippen LogP contribution in [0.1, 0.15) is 45.7 Å². The Kier molecular flexibility index (Phi) is 7.26. The van der Waals surface area contributed by atoms with Crippen LogP contribution in [0.4, 0.5) is 0 Å². The Morgan fingerprint density at radius 1 is 1.31 bits per heavy atom. The number of benzene rings is 1. The third-order valence-electron chi connectivity index (χ3n) is 3.56. The Hall–Kier alpha value is -2.29. The maximum absolute atomic E-state index is 12.3. The second kappa shape index (κ2) is 9.42. The topological polar surface area (TPSA) is 107 Å². The molecule has 0 fully saturated rings. The van der Waals surface area contributed by atoms with E-state index >= 15 is 0 Å². The molecule has 0 spiro atoms. The number of halogens is 1. The van der Waals surface area contributed by atoms with Gasteiger partial charge in [-0.1, -0.05) is 35.5 Å². The fourth-order valence-electron chi connectivity index (χ4n) is 2.27. The van der Waals surface area contributed by atoms with Crippen LogP contribution in [0.15, 0.2) is 40.2 Å². The summed E-state index contributed by atoms with van der Waals surface area (Å²) < 4.78 is 5.27. The molecule has 1 atom stereocenters. The fraction of sp³-hybridized carbons (Fsp3) is 0.294. The average molecular weight is 394 g/mol. The number of amides is 1. The highest BCUT2D eigenvalue weighted by molar-refractivity contribution is 7.09. The molecule has 9 heteroatoms. The van der Waals surface area contributed by atoms with Crippen molar-refractivity contribution in [2.24, 2.45) is 5.73 Å². The minimum absolute atomic E-state index is 0. The van der Waals surface area contributed by atoms with Crippen LogP contribution in [0.3, 0.4) is 0 Å². The predicted octanol–water partition coefficient (Wildman–Crippen LogP) is 2.53. The molecule has 26 heavy (non-hydrogen) atoms. The van der Waals surface area contributed by atoms with Gasteiger partial charge in [0.25, 0.3) is 5.91 Å². The summed E-state index contributed by atoms with van der Waals surface area (Å²) in [6, 6.07) is 9.50. The van der Waals surface area contributed by atoms with Crippen molar-refractivity contribution in [2.45, 2.75) is 25.8 Å². The lowest BCUT2D eigenvalue weighted by Crippen LogP contribution is -2.27. The molecule has 0 radical (unpaired) electrons. The van der Waals surface area contributed by atoms with Gasteiger partial charge in [-0.2, -0.15) is 4.98 Å². The van der Waals surface area contributed by atoms with E-state index in [1.807, 2.05) is 37.3 Å². The van der Waals surface area contributed by atoms with Crippen LogP contribution < -0.4 is 11.1 Å². The van der Waals surface area contributed by atoms with Gasteiger partial charge in [-0.15, -0.1) is 23.7 Å². The lowest BCUT2D eigenvalue weighted by atomic mass is 10.1. The quantitative estimate of drug-likeness (QED) is 0.638. The zero-order chi connectivity index (χ0) is 17.6. The summed E-state index contributed by atoms with van der Waals surface area (Å²) in [5.74, 6) is 0.694. The lowest BCUT2D eigenvalue weighted by molar-refractivity contribution is 0.0933. The van der Waals surface area contributed by atoms with Crippen molar-refractivity contribution in [3.05, 3.63) is 63.7 Å². The highest BCUT2D eigenvalue weighted by atomic mass is 35.5. The molecule has 7 nitrogen and oxygen atoms in total. The standard InChI is InChI=1S/C17H19N5O2S.ClH/c1-11(19-17(23)13-10-25-15(20-13)7-8-18)16-21-14(24-22-16)9-12-5-3-2-4-6-12;/h2-6,10-11H,7-9,18H2,1H3,(H,19,23);1H. The Bertz CT molecular complexity index is 837. The van der Waals surface area contributed by atoms with Crippen molar-refractivity contribution < 1.29 is 9.32 Å². The van der Waals surface area contributed by atoms with E-state index in [9.17, 15) is 4.79 Å². The zero-order valence-corrected chi connectivity index (χ0v) is 15.8. The van der Waals surface area contributed by atoms with Gasteiger partial charge in [0.1, 0.15) is 5.69 Å². The van der Waals surface area contributed by atoms with Gasteiger partial charge in [-0.05, 0) is 19.0 Å². The van der Waals surface area contributed by atoms with E-state index in [1.54, 1.807) is 5.38 Å². The third-order valence-corrected chi connectivity index (χ3v) is 4.47. The normalized spacial score (nSPS) is 11.6. The number of nitrogens with one attached hydrogen (secondary N) is 1. The molecular weight excluding hydrogens is 374 g/mol. The first-order chi connectivity index (χ1) is 12.2. The third kappa shape index (κ3) is 5.10. The SMILES string of the molecule is CC(NC(=O)c1csc(CCN)n1)c1noc(Cc2ccccc2)n1.Cl. The van der Waals surface area contributed by atoms with Gasteiger partial charge in [-0.3, -0.25) is 4.79 Å². The Labute approximate surface area is 161 Å². The van der Waals surface area contributed by atoms with Gasteiger partial charge in [0.15, 0.2) is 5.82 Å². The average Bonchev–Trinajstić information content (AvgIpc) is 3.26. The molecule has 2 heterocycles. The molecule has 1 aromatic carbocycles. The Morgan fingerprint density at radius 2 is 2.08 bits per heavy atom. The summed E-state index contributed by atoms with van der Waals surface area (Å²) in [4.78, 5) is 20.9. The highest BCUT2D eigenvalue weighted by Gasteiger charge is 2.18. The summed E-state index contributed by atoms with van der Waals surface area (Å²) in [5.41, 5.74) is 6.97. The molecule has 3 aromatic rings. The van der Waals surface area contributed by atoms with E-state index < -0.39 is 0 Å². The van der Waals surface area contributed by atoms with Gasteiger partial charge in [-0.25, -0.2) is 4.98 Å². The van der Waals surface area contributed by atoms with E-state index in [1.165, 1.54) is 11.3 Å². The van der Waals surface area contributed by atoms with Crippen LogP contribution in [0.5, 0.6) is 0 Å². The summed E-state index contributed by atoms with van der Waals surface area (Å²) in [6.07, 6.45) is 1.23. The predicted molar refractivity (Wildman–Crippen MR) is 102 cm³/mol. The lowest BCUT2D eigenvalue weighted by Gasteiger charge is -2.08. The largest absolute Gasteiger partial charge is 0.341 e. The molecule has 1 unspecified atom stereocenters. The molecule has 0 bridgehead atoms. The second-order valence-electron chi connectivity index (χ2n) is 5.57. The van der Waals surface area contributed by atoms with Crippen molar-refractivity contribution in [3.63, 3.8) is 0 Å². The van der Waals surface area contributed by atoms with Gasteiger partial charge in [0.05, 0.1) is 17.5 Å². The van der Waals surface area contributed by atoms with Crippen LogP contribution in [0.25, 0.3) is 0 Å². The first kappa shape index (κ1) is 20.0. The number of nitrogens with zero attached hydrogens (tertiary/aromatic N) is 3. The van der Waals surface area contributed by atoms with Crippen LogP contribution in [-0.2, 0) is 12.8 Å². The van der Waals surface area contributed by atoms with Gasteiger partial charge >= 0.3 is 0 Å². The number of carbonyl (C=O) groups excluding carboxylic acids is 1. The zero-order valence-electron chi connectivity index (χ0n) is 14.2. The molecule has 2 aromatic heterocycles. The molecule has 0 saturated heterocycles. The van der Waals surface area contributed by atoms with Gasteiger partial charge in [0.2, 0.25) is 5.89 Å². The van der Waals surface area contributed by atoms with Gasteiger partial charge in [0, 0.05) is 11.8 Å². The Morgan fingerprint density at radius 3 is 2.81 bits per heavy atom. The summed E-state index contributed by atoms with van der Waals surface area (Å²) in [6.45, 7) is 2.32. The number of thiazole rings is 1. The molecule has 0 aliphatic heterocycles. The monoisotopic (exact) mass is 393 g/mol. The molecule has 138 valence electrons. The minimum atomic E-state index is -0.375. The number of carbonyl (C=O) groups is 1. The van der Waals surface area contributed by atoms with Gasteiger partial charge < -0.3 is 15.6 Å². The van der Waals surface area contributed by atoms with E-state index in [0.717, 1.165) is 10.6 Å². The molecular formula is C17H20ClN5O2S. The van der Waals surface area contributed by atoms with Crippen molar-refractivity contribution in [1.29, 1.82) is 0 Å². The smallest absolute Gasteiger partial charge is 0.271 e. The van der Waals surface area contributed by atoms with Crippen molar-refractivity contribution >= 4 is 29.7 Å².